The quantitative estimate of drug-likeness (QED) is 0.470. The lowest BCUT2D eigenvalue weighted by Gasteiger charge is -2.30. The maximum atomic E-state index is 12.7. The first-order valence-electron chi connectivity index (χ1n) is 10.4. The molecule has 0 bridgehead atoms. The molecule has 3 heterocycles. The van der Waals surface area contributed by atoms with Gasteiger partial charge in [0, 0.05) is 5.57 Å². The zero-order chi connectivity index (χ0) is 21.5. The number of para-hydroxylation sites is 1. The second-order valence-corrected chi connectivity index (χ2v) is 8.61. The normalized spacial score (nSPS) is 17.8. The predicted octanol–water partition coefficient (Wildman–Crippen LogP) is 4.99. The van der Waals surface area contributed by atoms with Gasteiger partial charge in [-0.3, -0.25) is 0 Å². The Morgan fingerprint density at radius 3 is 2.53 bits per heavy atom. The molecule has 32 heavy (non-hydrogen) atoms. The van der Waals surface area contributed by atoms with Gasteiger partial charge >= 0.3 is 6.03 Å². The average Bonchev–Trinajstić information content (AvgIpc) is 3.27. The number of thiazole rings is 1. The van der Waals surface area contributed by atoms with Crippen molar-refractivity contribution in [1.82, 2.24) is 15.6 Å². The molecule has 2 amide bonds. The smallest absolute Gasteiger partial charge is 0.320 e. The Morgan fingerprint density at radius 1 is 0.906 bits per heavy atom. The highest BCUT2D eigenvalue weighted by Gasteiger charge is 2.32. The molecule has 7 heteroatoms. The number of nitrogens with one attached hydrogen (secondary N) is 2. The van der Waals surface area contributed by atoms with Crippen molar-refractivity contribution in [3.05, 3.63) is 88.9 Å². The number of urea groups is 1. The summed E-state index contributed by atoms with van der Waals surface area (Å²) in [5.41, 5.74) is 4.46. The molecule has 4 aromatic rings. The van der Waals surface area contributed by atoms with Crippen LogP contribution in [0.4, 0.5) is 4.79 Å². The van der Waals surface area contributed by atoms with Gasteiger partial charge in [0.25, 0.3) is 0 Å². The Kier molecular flexibility index (Phi) is 4.54. The van der Waals surface area contributed by atoms with Gasteiger partial charge < -0.3 is 20.1 Å². The fraction of sp³-hybridized carbons (Fsp3) is 0.120. The monoisotopic (exact) mass is 441 g/mol. The van der Waals surface area contributed by atoms with Gasteiger partial charge in [0.15, 0.2) is 11.5 Å². The molecule has 0 saturated carbocycles. The highest BCUT2D eigenvalue weighted by molar-refractivity contribution is 7.19. The van der Waals surface area contributed by atoms with Crippen molar-refractivity contribution in [2.24, 2.45) is 0 Å². The number of rotatable bonds is 3. The lowest BCUT2D eigenvalue weighted by atomic mass is 9.92. The molecule has 2 aliphatic rings. The largest absolute Gasteiger partial charge is 0.486 e. The fourth-order valence-corrected chi connectivity index (χ4v) is 5.15. The summed E-state index contributed by atoms with van der Waals surface area (Å²) >= 11 is 1.61. The van der Waals surface area contributed by atoms with Crippen LogP contribution in [0.3, 0.4) is 0 Å². The van der Waals surface area contributed by atoms with Crippen LogP contribution in [-0.4, -0.2) is 24.2 Å². The van der Waals surface area contributed by atoms with Gasteiger partial charge in [-0.05, 0) is 35.4 Å². The summed E-state index contributed by atoms with van der Waals surface area (Å²) in [7, 11) is 0. The molecule has 0 fully saturated rings. The molecule has 1 atom stereocenters. The first kappa shape index (κ1) is 18.9. The van der Waals surface area contributed by atoms with Crippen LogP contribution >= 0.6 is 11.3 Å². The van der Waals surface area contributed by atoms with Crippen LogP contribution in [0.2, 0.25) is 0 Å². The lowest BCUT2D eigenvalue weighted by molar-refractivity contribution is 0.171. The molecule has 0 spiro atoms. The summed E-state index contributed by atoms with van der Waals surface area (Å²) in [6.45, 7) is 1.04. The maximum Gasteiger partial charge on any atom is 0.320 e. The Hall–Kier alpha value is -3.84. The van der Waals surface area contributed by atoms with Crippen molar-refractivity contribution in [1.29, 1.82) is 0 Å². The van der Waals surface area contributed by atoms with Gasteiger partial charge in [-0.15, -0.1) is 11.3 Å². The fourth-order valence-electron chi connectivity index (χ4n) is 4.10. The number of hydrogen-bond donors (Lipinski definition) is 2. The third-order valence-electron chi connectivity index (χ3n) is 5.56. The van der Waals surface area contributed by atoms with Crippen LogP contribution < -0.4 is 20.1 Å². The van der Waals surface area contributed by atoms with Gasteiger partial charge in [0.2, 0.25) is 0 Å². The first-order chi connectivity index (χ1) is 15.8. The van der Waals surface area contributed by atoms with E-state index in [1.807, 2.05) is 66.7 Å². The molecule has 158 valence electrons. The zero-order valence-corrected chi connectivity index (χ0v) is 17.8. The molecule has 0 saturated heterocycles. The minimum absolute atomic E-state index is 0.256. The number of fused-ring (bicyclic) bond motifs is 2. The number of benzene rings is 3. The van der Waals surface area contributed by atoms with E-state index in [0.717, 1.165) is 37.6 Å². The number of nitrogens with zero attached hydrogens (tertiary/aromatic N) is 1. The van der Waals surface area contributed by atoms with E-state index in [0.29, 0.717) is 24.7 Å². The molecule has 0 unspecified atom stereocenters. The molecule has 2 N–H and O–H groups in total. The predicted molar refractivity (Wildman–Crippen MR) is 125 cm³/mol. The SMILES string of the molecule is O=C1NC(c2ccccc2)=C(c2nc3ccccc3s2)[C@@H](c2ccc3c(c2)OCCO3)N1. The molecule has 0 radical (unpaired) electrons. The van der Waals surface area contributed by atoms with E-state index < -0.39 is 6.04 Å². The van der Waals surface area contributed by atoms with Crippen molar-refractivity contribution in [3.8, 4) is 11.5 Å². The molecule has 1 aromatic heterocycles. The first-order valence-corrected chi connectivity index (χ1v) is 11.2. The van der Waals surface area contributed by atoms with Gasteiger partial charge in [-0.1, -0.05) is 48.5 Å². The van der Waals surface area contributed by atoms with Crippen LogP contribution in [0.15, 0.2) is 72.8 Å². The third-order valence-corrected chi connectivity index (χ3v) is 6.63. The van der Waals surface area contributed by atoms with E-state index in [4.69, 9.17) is 14.5 Å². The minimum atomic E-state index is -0.393. The molecule has 0 aliphatic carbocycles. The Bertz CT molecular complexity index is 1330. The van der Waals surface area contributed by atoms with E-state index in [-0.39, 0.29) is 6.03 Å². The number of aromatic nitrogens is 1. The summed E-state index contributed by atoms with van der Waals surface area (Å²) in [5.74, 6) is 1.40. The van der Waals surface area contributed by atoms with Crippen molar-refractivity contribution in [2.75, 3.05) is 13.2 Å². The number of carbonyl (C=O) groups excluding carboxylic acids is 1. The van der Waals surface area contributed by atoms with E-state index in [1.54, 1.807) is 11.3 Å². The topological polar surface area (TPSA) is 72.5 Å². The van der Waals surface area contributed by atoms with E-state index in [2.05, 4.69) is 16.7 Å². The minimum Gasteiger partial charge on any atom is -0.486 e. The Labute approximate surface area is 188 Å². The van der Waals surface area contributed by atoms with Crippen molar-refractivity contribution in [3.63, 3.8) is 0 Å². The maximum absolute atomic E-state index is 12.7. The second kappa shape index (κ2) is 7.69. The van der Waals surface area contributed by atoms with Crippen molar-refractivity contribution < 1.29 is 14.3 Å². The highest BCUT2D eigenvalue weighted by atomic mass is 32.1. The summed E-state index contributed by atoms with van der Waals surface area (Å²) in [6, 6.07) is 23.1. The zero-order valence-electron chi connectivity index (χ0n) is 17.0. The lowest BCUT2D eigenvalue weighted by Crippen LogP contribution is -2.43. The van der Waals surface area contributed by atoms with Gasteiger partial charge in [-0.2, -0.15) is 0 Å². The summed E-state index contributed by atoms with van der Waals surface area (Å²) in [5, 5.41) is 6.98. The van der Waals surface area contributed by atoms with Crippen LogP contribution in [0.25, 0.3) is 21.5 Å². The summed E-state index contributed by atoms with van der Waals surface area (Å²) in [4.78, 5) is 17.7. The summed E-state index contributed by atoms with van der Waals surface area (Å²) in [6.07, 6.45) is 0. The number of amides is 2. The number of ether oxygens (including phenoxy) is 2. The van der Waals surface area contributed by atoms with Crippen molar-refractivity contribution in [2.45, 2.75) is 6.04 Å². The number of hydrogen-bond acceptors (Lipinski definition) is 5. The van der Waals surface area contributed by atoms with Crippen LogP contribution in [0, 0.1) is 0 Å². The average molecular weight is 442 g/mol. The van der Waals surface area contributed by atoms with Crippen LogP contribution in [-0.2, 0) is 0 Å². The van der Waals surface area contributed by atoms with Gasteiger partial charge in [0.05, 0.1) is 22.0 Å². The Morgan fingerprint density at radius 2 is 1.69 bits per heavy atom. The molecular weight excluding hydrogens is 422 g/mol. The third kappa shape index (κ3) is 3.27. The van der Waals surface area contributed by atoms with E-state index in [1.165, 1.54) is 0 Å². The standard InChI is InChI=1S/C25H19N3O3S/c29-25-27-22(15-6-2-1-3-7-15)21(24-26-17-8-4-5-9-20(17)32-24)23(28-25)16-10-11-18-19(14-16)31-13-12-30-18/h1-11,14,23H,12-13H2,(H2,27,28,29)/t23-/m1/s1. The second-order valence-electron chi connectivity index (χ2n) is 7.58. The Balaban J connectivity index is 1.57. The van der Waals surface area contributed by atoms with Crippen LogP contribution in [0.1, 0.15) is 22.2 Å². The molecule has 3 aromatic carbocycles. The highest BCUT2D eigenvalue weighted by Crippen LogP contribution is 2.43. The summed E-state index contributed by atoms with van der Waals surface area (Å²) < 4.78 is 12.6. The van der Waals surface area contributed by atoms with Crippen LogP contribution in [0.5, 0.6) is 11.5 Å². The number of carbonyl (C=O) groups is 1. The van der Waals surface area contributed by atoms with E-state index in [9.17, 15) is 4.79 Å². The molecular formula is C25H19N3O3S. The molecule has 6 nitrogen and oxygen atoms in total. The molecule has 2 aliphatic heterocycles. The van der Waals surface area contributed by atoms with Crippen molar-refractivity contribution >= 4 is 38.9 Å². The molecule has 6 rings (SSSR count). The van der Waals surface area contributed by atoms with Gasteiger partial charge in [0.1, 0.15) is 18.2 Å². The van der Waals surface area contributed by atoms with Gasteiger partial charge in [-0.25, -0.2) is 9.78 Å². The van der Waals surface area contributed by atoms with E-state index >= 15 is 0 Å².